The number of carbonyl (C=O) groups is 1. The molecule has 0 atom stereocenters. The number of nitro benzene ring substituents is 1. The summed E-state index contributed by atoms with van der Waals surface area (Å²) in [5.41, 5.74) is 3.28. The topological polar surface area (TPSA) is 127 Å². The molecular formula is C14H14N4O5S. The molecule has 0 saturated heterocycles. The summed E-state index contributed by atoms with van der Waals surface area (Å²) in [7, 11) is 1.30. The van der Waals surface area contributed by atoms with E-state index in [0.717, 1.165) is 11.3 Å². The zero-order valence-electron chi connectivity index (χ0n) is 12.8. The van der Waals surface area contributed by atoms with Gasteiger partial charge >= 0.3 is 11.7 Å². The van der Waals surface area contributed by atoms with Gasteiger partial charge < -0.3 is 9.84 Å². The lowest BCUT2D eigenvalue weighted by Gasteiger charge is -1.97. The monoisotopic (exact) mass is 350 g/mol. The fourth-order valence-corrected chi connectivity index (χ4v) is 2.74. The lowest BCUT2D eigenvalue weighted by Crippen LogP contribution is -2.01. The van der Waals surface area contributed by atoms with Crippen LogP contribution in [0.4, 0.5) is 10.8 Å². The molecule has 0 spiro atoms. The fraction of sp³-hybridized carbons (Fsp3) is 0.214. The second kappa shape index (κ2) is 7.51. The van der Waals surface area contributed by atoms with Crippen LogP contribution in [0, 0.1) is 10.1 Å². The molecule has 2 N–H and O–H groups in total. The van der Waals surface area contributed by atoms with Crippen LogP contribution in [-0.2, 0) is 11.2 Å². The normalized spacial score (nSPS) is 10.8. The van der Waals surface area contributed by atoms with Gasteiger partial charge in [0.15, 0.2) is 5.75 Å². The quantitative estimate of drug-likeness (QED) is 0.355. The zero-order chi connectivity index (χ0) is 17.7. The van der Waals surface area contributed by atoms with E-state index in [1.54, 1.807) is 0 Å². The van der Waals surface area contributed by atoms with Crippen LogP contribution in [0.5, 0.6) is 5.75 Å². The predicted octanol–water partition coefficient (Wildman–Crippen LogP) is 2.55. The molecule has 0 radical (unpaired) electrons. The second-order valence-corrected chi connectivity index (χ2v) is 5.51. The molecule has 1 aromatic heterocycles. The smallest absolute Gasteiger partial charge is 0.350 e. The number of nitro groups is 1. The Bertz CT molecular complexity index is 802. The number of aryl methyl sites for hydroxylation is 1. The summed E-state index contributed by atoms with van der Waals surface area (Å²) in [4.78, 5) is 26.3. The predicted molar refractivity (Wildman–Crippen MR) is 88.8 cm³/mol. The third-order valence-corrected chi connectivity index (χ3v) is 3.96. The summed E-state index contributed by atoms with van der Waals surface area (Å²) in [6.45, 7) is 1.87. The van der Waals surface area contributed by atoms with Crippen molar-refractivity contribution >= 4 is 34.3 Å². The van der Waals surface area contributed by atoms with Crippen LogP contribution in [0.1, 0.15) is 27.9 Å². The number of phenols is 1. The van der Waals surface area contributed by atoms with Gasteiger partial charge in [-0.1, -0.05) is 18.3 Å². The van der Waals surface area contributed by atoms with E-state index in [1.807, 2.05) is 6.92 Å². The summed E-state index contributed by atoms with van der Waals surface area (Å²) >= 11 is 1.10. The van der Waals surface area contributed by atoms with Gasteiger partial charge in [0.05, 0.1) is 23.9 Å². The Morgan fingerprint density at radius 1 is 1.58 bits per heavy atom. The number of methoxy groups -OCH3 is 1. The molecule has 1 aromatic carbocycles. The lowest BCUT2D eigenvalue weighted by molar-refractivity contribution is -0.385. The van der Waals surface area contributed by atoms with E-state index in [9.17, 15) is 20.0 Å². The molecule has 9 nitrogen and oxygen atoms in total. The van der Waals surface area contributed by atoms with E-state index >= 15 is 0 Å². The van der Waals surface area contributed by atoms with Crippen LogP contribution < -0.4 is 5.43 Å². The number of benzene rings is 1. The maximum Gasteiger partial charge on any atom is 0.350 e. The Hall–Kier alpha value is -3.01. The number of phenolic OH excluding ortho intramolecular Hbond substituents is 1. The van der Waals surface area contributed by atoms with Crippen LogP contribution in [0.15, 0.2) is 23.3 Å². The summed E-state index contributed by atoms with van der Waals surface area (Å²) < 4.78 is 4.69. The van der Waals surface area contributed by atoms with Crippen LogP contribution in [0.25, 0.3) is 0 Å². The van der Waals surface area contributed by atoms with Gasteiger partial charge in [-0.05, 0) is 18.6 Å². The van der Waals surface area contributed by atoms with Gasteiger partial charge in [0.1, 0.15) is 4.88 Å². The van der Waals surface area contributed by atoms with E-state index in [-0.39, 0.29) is 0 Å². The standard InChI is InChI=1S/C14H14N4O5S/c1-3-9-12(13(20)23-2)24-14(16-9)17-15-7-8-4-5-11(19)10(6-8)18(21)22/h4-7,19H,3H2,1-2H3,(H,16,17)/b15-7-. The number of anilines is 1. The van der Waals surface area contributed by atoms with E-state index in [0.29, 0.717) is 27.7 Å². The number of hydrogen-bond acceptors (Lipinski definition) is 9. The number of ether oxygens (including phenoxy) is 1. The van der Waals surface area contributed by atoms with Gasteiger partial charge in [0.25, 0.3) is 0 Å². The molecule has 0 bridgehead atoms. The number of hydrogen-bond donors (Lipinski definition) is 2. The largest absolute Gasteiger partial charge is 0.502 e. The van der Waals surface area contributed by atoms with Crippen molar-refractivity contribution < 1.29 is 19.6 Å². The van der Waals surface area contributed by atoms with Gasteiger partial charge in [-0.2, -0.15) is 5.10 Å². The molecule has 0 fully saturated rings. The molecule has 10 heteroatoms. The highest BCUT2D eigenvalue weighted by Crippen LogP contribution is 2.26. The highest BCUT2D eigenvalue weighted by molar-refractivity contribution is 7.17. The Morgan fingerprint density at radius 3 is 2.96 bits per heavy atom. The highest BCUT2D eigenvalue weighted by atomic mass is 32.1. The summed E-state index contributed by atoms with van der Waals surface area (Å²) in [6.07, 6.45) is 1.91. The minimum Gasteiger partial charge on any atom is -0.502 e. The first kappa shape index (κ1) is 17.3. The van der Waals surface area contributed by atoms with Crippen molar-refractivity contribution in [2.45, 2.75) is 13.3 Å². The maximum absolute atomic E-state index is 11.6. The molecule has 0 unspecified atom stereocenters. The molecule has 2 rings (SSSR count). The van der Waals surface area contributed by atoms with Gasteiger partial charge in [-0.3, -0.25) is 15.5 Å². The summed E-state index contributed by atoms with van der Waals surface area (Å²) in [5.74, 6) is -0.879. The number of rotatable bonds is 6. The number of thiazole rings is 1. The van der Waals surface area contributed by atoms with Crippen LogP contribution in [0.2, 0.25) is 0 Å². The molecule has 0 aliphatic rings. The molecule has 2 aromatic rings. The molecule has 1 heterocycles. The highest BCUT2D eigenvalue weighted by Gasteiger charge is 2.17. The minimum absolute atomic E-state index is 0.400. The number of nitrogens with one attached hydrogen (secondary N) is 1. The van der Waals surface area contributed by atoms with Gasteiger partial charge in [0.2, 0.25) is 5.13 Å². The summed E-state index contributed by atoms with van der Waals surface area (Å²) in [6, 6.07) is 3.89. The minimum atomic E-state index is -0.683. The molecule has 126 valence electrons. The third kappa shape index (κ3) is 3.84. The lowest BCUT2D eigenvalue weighted by atomic mass is 10.2. The number of hydrazone groups is 1. The average Bonchev–Trinajstić information content (AvgIpc) is 2.98. The van der Waals surface area contributed by atoms with Crippen molar-refractivity contribution in [3.05, 3.63) is 44.4 Å². The van der Waals surface area contributed by atoms with Crippen molar-refractivity contribution in [2.75, 3.05) is 12.5 Å². The van der Waals surface area contributed by atoms with Crippen LogP contribution >= 0.6 is 11.3 Å². The van der Waals surface area contributed by atoms with Gasteiger partial charge in [-0.25, -0.2) is 9.78 Å². The Kier molecular flexibility index (Phi) is 5.42. The van der Waals surface area contributed by atoms with Crippen molar-refractivity contribution in [1.82, 2.24) is 4.98 Å². The first-order valence-corrected chi connectivity index (χ1v) is 7.62. The zero-order valence-corrected chi connectivity index (χ0v) is 13.7. The molecule has 0 aliphatic heterocycles. The number of aromatic hydroxyl groups is 1. The molecule has 24 heavy (non-hydrogen) atoms. The third-order valence-electron chi connectivity index (χ3n) is 2.97. The molecule has 0 aliphatic carbocycles. The second-order valence-electron chi connectivity index (χ2n) is 4.52. The van der Waals surface area contributed by atoms with E-state index in [1.165, 1.54) is 31.5 Å². The summed E-state index contributed by atoms with van der Waals surface area (Å²) in [5, 5.41) is 24.5. The van der Waals surface area contributed by atoms with Crippen molar-refractivity contribution in [2.24, 2.45) is 5.10 Å². The van der Waals surface area contributed by atoms with Gasteiger partial charge in [-0.15, -0.1) is 0 Å². The van der Waals surface area contributed by atoms with Crippen LogP contribution in [-0.4, -0.2) is 34.3 Å². The van der Waals surface area contributed by atoms with Crippen molar-refractivity contribution in [3.63, 3.8) is 0 Å². The molecular weight excluding hydrogens is 336 g/mol. The van der Waals surface area contributed by atoms with Gasteiger partial charge in [0, 0.05) is 11.6 Å². The number of carbonyl (C=O) groups excluding carboxylic acids is 1. The average molecular weight is 350 g/mol. The Balaban J connectivity index is 2.15. The van der Waals surface area contributed by atoms with Crippen molar-refractivity contribution in [3.8, 4) is 5.75 Å². The Morgan fingerprint density at radius 2 is 2.33 bits per heavy atom. The first-order chi connectivity index (χ1) is 11.5. The van der Waals surface area contributed by atoms with E-state index in [2.05, 4.69) is 15.5 Å². The molecule has 0 amide bonds. The number of esters is 1. The van der Waals surface area contributed by atoms with E-state index < -0.39 is 22.3 Å². The SMILES string of the molecule is CCc1nc(N/N=C\c2ccc(O)c([N+](=O)[O-])c2)sc1C(=O)OC. The van der Waals surface area contributed by atoms with Crippen LogP contribution in [0.3, 0.4) is 0 Å². The van der Waals surface area contributed by atoms with Crippen molar-refractivity contribution in [1.29, 1.82) is 0 Å². The Labute approximate surface area is 140 Å². The molecule has 0 saturated carbocycles. The fourth-order valence-electron chi connectivity index (χ4n) is 1.82. The number of aromatic nitrogens is 1. The first-order valence-electron chi connectivity index (χ1n) is 6.80. The maximum atomic E-state index is 11.6. The number of nitrogens with zero attached hydrogens (tertiary/aromatic N) is 3. The van der Waals surface area contributed by atoms with E-state index in [4.69, 9.17) is 4.74 Å².